The van der Waals surface area contributed by atoms with Crippen LogP contribution in [0.4, 0.5) is 0 Å². The van der Waals surface area contributed by atoms with Crippen molar-refractivity contribution < 1.29 is 38.2 Å². The second-order valence-corrected chi connectivity index (χ2v) is 11.3. The number of methoxy groups -OCH3 is 2. The lowest BCUT2D eigenvalue weighted by atomic mass is 10.00. The average molecular weight is 592 g/mol. The largest absolute Gasteiger partial charge is 0.467 e. The zero-order chi connectivity index (χ0) is 32.3. The summed E-state index contributed by atoms with van der Waals surface area (Å²) in [5, 5.41) is 10.5. The average Bonchev–Trinajstić information content (AvgIpc) is 2.93. The summed E-state index contributed by atoms with van der Waals surface area (Å²) in [5.41, 5.74) is -0.267. The van der Waals surface area contributed by atoms with Crippen molar-refractivity contribution in [2.45, 2.75) is 79.6 Å². The molecule has 0 fully saturated rings. The van der Waals surface area contributed by atoms with Crippen LogP contribution < -0.4 is 21.3 Å². The first-order valence-corrected chi connectivity index (χ1v) is 13.9. The Morgan fingerprint density at radius 2 is 0.857 bits per heavy atom. The number of carbonyl (C=O) groups excluding carboxylic acids is 6. The number of esters is 2. The van der Waals surface area contributed by atoms with Crippen LogP contribution in [0.5, 0.6) is 0 Å². The summed E-state index contributed by atoms with van der Waals surface area (Å²) < 4.78 is 9.54. The molecule has 0 unspecified atom stereocenters. The molecule has 0 aromatic carbocycles. The van der Waals surface area contributed by atoms with Gasteiger partial charge in [0.15, 0.2) is 0 Å². The molecule has 0 aliphatic carbocycles. The maximum Gasteiger partial charge on any atom is 0.328 e. The number of hydrogen-bond acceptors (Lipinski definition) is 9. The molecule has 13 heteroatoms. The third-order valence-corrected chi connectivity index (χ3v) is 6.52. The van der Waals surface area contributed by atoms with Gasteiger partial charge in [-0.2, -0.15) is 0 Å². The van der Waals surface area contributed by atoms with Crippen LogP contribution in [0.25, 0.3) is 0 Å². The summed E-state index contributed by atoms with van der Waals surface area (Å²) in [7, 11) is 2.45. The summed E-state index contributed by atoms with van der Waals surface area (Å²) >= 11 is 0. The van der Waals surface area contributed by atoms with Gasteiger partial charge in [-0.05, 0) is 35.8 Å². The second-order valence-electron chi connectivity index (χ2n) is 11.3. The third-order valence-electron chi connectivity index (χ3n) is 6.52. The zero-order valence-corrected chi connectivity index (χ0v) is 26.1. The Labute approximate surface area is 247 Å². The monoisotopic (exact) mass is 591 g/mol. The number of rotatable bonds is 14. The molecule has 4 atom stereocenters. The second kappa shape index (κ2) is 16.4. The zero-order valence-electron chi connectivity index (χ0n) is 26.1. The molecule has 1 rings (SSSR count). The van der Waals surface area contributed by atoms with Gasteiger partial charge in [0.1, 0.15) is 35.6 Å². The summed E-state index contributed by atoms with van der Waals surface area (Å²) in [6.45, 7) is 13.9. The molecule has 4 amide bonds. The molecule has 1 aromatic heterocycles. The molecule has 42 heavy (non-hydrogen) atoms. The number of pyridine rings is 1. The van der Waals surface area contributed by atoms with E-state index in [0.717, 1.165) is 0 Å². The molecule has 0 radical (unpaired) electrons. The van der Waals surface area contributed by atoms with Crippen molar-refractivity contribution in [2.24, 2.45) is 23.7 Å². The SMILES string of the molecule is COC(=O)[C@H](NC(=O)[C@H](NC(=O)c1cccc(C(=O)N[C@@H](C(=O)N[C@@H](C(=O)OC)C(C)C)C(C)C)n1)C(C)C)C(C)C. The number of hydrogen-bond donors (Lipinski definition) is 4. The molecule has 13 nitrogen and oxygen atoms in total. The summed E-state index contributed by atoms with van der Waals surface area (Å²) in [5.74, 6) is -5.00. The Morgan fingerprint density at radius 1 is 0.548 bits per heavy atom. The third kappa shape index (κ3) is 10.1. The van der Waals surface area contributed by atoms with E-state index < -0.39 is 59.7 Å². The van der Waals surface area contributed by atoms with Crippen molar-refractivity contribution in [2.75, 3.05) is 14.2 Å². The molecule has 0 aliphatic heterocycles. The van der Waals surface area contributed by atoms with Crippen LogP contribution in [0, 0.1) is 23.7 Å². The molecular weight excluding hydrogens is 546 g/mol. The highest BCUT2D eigenvalue weighted by atomic mass is 16.5. The van der Waals surface area contributed by atoms with Gasteiger partial charge in [0.25, 0.3) is 11.8 Å². The Bertz CT molecular complexity index is 1050. The Hall–Kier alpha value is -4.03. The number of carbonyl (C=O) groups is 6. The van der Waals surface area contributed by atoms with E-state index in [1.165, 1.54) is 32.4 Å². The highest BCUT2D eigenvalue weighted by Gasteiger charge is 2.33. The minimum Gasteiger partial charge on any atom is -0.467 e. The van der Waals surface area contributed by atoms with Crippen LogP contribution in [-0.4, -0.2) is 78.9 Å². The van der Waals surface area contributed by atoms with Crippen LogP contribution >= 0.6 is 0 Å². The van der Waals surface area contributed by atoms with E-state index in [-0.39, 0.29) is 35.1 Å². The lowest BCUT2D eigenvalue weighted by Gasteiger charge is -2.26. The van der Waals surface area contributed by atoms with E-state index in [1.54, 1.807) is 55.4 Å². The topological polar surface area (TPSA) is 182 Å². The van der Waals surface area contributed by atoms with Gasteiger partial charge in [0.2, 0.25) is 11.8 Å². The van der Waals surface area contributed by atoms with Crippen molar-refractivity contribution in [3.05, 3.63) is 29.6 Å². The number of aromatic nitrogens is 1. The van der Waals surface area contributed by atoms with Gasteiger partial charge in [0.05, 0.1) is 14.2 Å². The summed E-state index contributed by atoms with van der Waals surface area (Å²) in [6, 6.07) is 0.372. The van der Waals surface area contributed by atoms with Crippen LogP contribution in [0.1, 0.15) is 76.4 Å². The van der Waals surface area contributed by atoms with Crippen LogP contribution in [-0.2, 0) is 28.7 Å². The molecule has 234 valence electrons. The van der Waals surface area contributed by atoms with Crippen LogP contribution in [0.15, 0.2) is 18.2 Å². The number of amides is 4. The van der Waals surface area contributed by atoms with Crippen molar-refractivity contribution in [3.8, 4) is 0 Å². The predicted octanol–water partition coefficient (Wildman–Crippen LogP) is 1.22. The van der Waals surface area contributed by atoms with Crippen LogP contribution in [0.2, 0.25) is 0 Å². The molecule has 0 saturated carbocycles. The molecule has 0 bridgehead atoms. The van der Waals surface area contributed by atoms with E-state index in [1.807, 2.05) is 0 Å². The van der Waals surface area contributed by atoms with E-state index in [2.05, 4.69) is 26.3 Å². The van der Waals surface area contributed by atoms with Gasteiger partial charge in [-0.15, -0.1) is 0 Å². The fourth-order valence-corrected chi connectivity index (χ4v) is 3.92. The van der Waals surface area contributed by atoms with Gasteiger partial charge < -0.3 is 30.7 Å². The summed E-state index contributed by atoms with van der Waals surface area (Å²) in [4.78, 5) is 80.5. The first kappa shape index (κ1) is 36.0. The summed E-state index contributed by atoms with van der Waals surface area (Å²) in [6.07, 6.45) is 0. The minimum absolute atomic E-state index is 0.134. The van der Waals surface area contributed by atoms with Gasteiger partial charge in [0, 0.05) is 0 Å². The molecule has 1 aromatic rings. The van der Waals surface area contributed by atoms with E-state index in [9.17, 15) is 28.8 Å². The van der Waals surface area contributed by atoms with Crippen molar-refractivity contribution >= 4 is 35.6 Å². The lowest BCUT2D eigenvalue weighted by molar-refractivity contribution is -0.147. The standard InChI is InChI=1S/C29H45N5O8/c1-14(2)20(26(37)33-22(16(5)6)28(39)41-9)31-24(35)18-12-11-13-19(30-18)25(36)32-21(15(3)4)27(38)34-23(17(7)8)29(40)42-10/h11-17,20-23H,1-10H3,(H,31,35)(H,32,36)(H,33,37)(H,34,38)/t20-,21-,22-,23-/m1/s1. The fraction of sp³-hybridized carbons (Fsp3) is 0.621. The van der Waals surface area contributed by atoms with Gasteiger partial charge >= 0.3 is 11.9 Å². The minimum atomic E-state index is -1.01. The normalized spacial score (nSPS) is 14.0. The fourth-order valence-electron chi connectivity index (χ4n) is 3.92. The molecule has 0 saturated heterocycles. The van der Waals surface area contributed by atoms with E-state index >= 15 is 0 Å². The molecular formula is C29H45N5O8. The van der Waals surface area contributed by atoms with E-state index in [0.29, 0.717) is 0 Å². The highest BCUT2D eigenvalue weighted by Crippen LogP contribution is 2.11. The van der Waals surface area contributed by atoms with Gasteiger partial charge in [-0.25, -0.2) is 14.6 Å². The predicted molar refractivity (Wildman–Crippen MR) is 154 cm³/mol. The van der Waals surface area contributed by atoms with Crippen molar-refractivity contribution in [3.63, 3.8) is 0 Å². The van der Waals surface area contributed by atoms with Gasteiger partial charge in [-0.1, -0.05) is 61.5 Å². The quantitative estimate of drug-likeness (QED) is 0.231. The highest BCUT2D eigenvalue weighted by molar-refractivity contribution is 6.00. The maximum atomic E-state index is 13.1. The first-order chi connectivity index (χ1) is 19.5. The molecule has 0 aliphatic rings. The molecule has 0 spiro atoms. The number of nitrogens with one attached hydrogen (secondary N) is 4. The number of ether oxygens (including phenoxy) is 2. The van der Waals surface area contributed by atoms with Crippen molar-refractivity contribution in [1.29, 1.82) is 0 Å². The van der Waals surface area contributed by atoms with Gasteiger partial charge in [-0.3, -0.25) is 19.2 Å². The lowest BCUT2D eigenvalue weighted by Crippen LogP contribution is -2.55. The van der Waals surface area contributed by atoms with E-state index in [4.69, 9.17) is 9.47 Å². The Morgan fingerprint density at radius 3 is 1.12 bits per heavy atom. The molecule has 1 heterocycles. The smallest absolute Gasteiger partial charge is 0.328 e. The van der Waals surface area contributed by atoms with Crippen molar-refractivity contribution in [1.82, 2.24) is 26.3 Å². The molecule has 4 N–H and O–H groups in total. The number of nitrogens with zero attached hydrogens (tertiary/aromatic N) is 1. The Kier molecular flexibility index (Phi) is 14.1. The Balaban J connectivity index is 3.10. The van der Waals surface area contributed by atoms with Crippen LogP contribution in [0.3, 0.4) is 0 Å². The maximum absolute atomic E-state index is 13.1. The first-order valence-electron chi connectivity index (χ1n) is 13.9.